The van der Waals surface area contributed by atoms with E-state index >= 15 is 0 Å². The Bertz CT molecular complexity index is 1220. The first-order chi connectivity index (χ1) is 15.5. The number of benzene rings is 2. The lowest BCUT2D eigenvalue weighted by Gasteiger charge is -2.28. The molecule has 32 heavy (non-hydrogen) atoms. The van der Waals surface area contributed by atoms with E-state index in [-0.39, 0.29) is 18.5 Å². The molecule has 2 N–H and O–H groups in total. The second-order valence-electron chi connectivity index (χ2n) is 8.23. The summed E-state index contributed by atoms with van der Waals surface area (Å²) in [6.07, 6.45) is 2.13. The molecule has 1 fully saturated rings. The van der Waals surface area contributed by atoms with Crippen molar-refractivity contribution in [1.82, 2.24) is 9.88 Å². The minimum absolute atomic E-state index is 0.0978. The maximum absolute atomic E-state index is 12.9. The molecule has 1 aromatic heterocycles. The summed E-state index contributed by atoms with van der Waals surface area (Å²) in [5.74, 6) is 1.33. The van der Waals surface area contributed by atoms with Crippen molar-refractivity contribution >= 4 is 33.9 Å². The van der Waals surface area contributed by atoms with E-state index in [0.29, 0.717) is 40.8 Å². The van der Waals surface area contributed by atoms with Crippen LogP contribution in [-0.4, -0.2) is 41.0 Å². The number of H-pyrrole nitrogens is 1. The highest BCUT2D eigenvalue weighted by atomic mass is 32.1. The first-order valence-corrected chi connectivity index (χ1v) is 11.2. The monoisotopic (exact) mass is 451 g/mol. The Labute approximate surface area is 191 Å². The predicted molar refractivity (Wildman–Crippen MR) is 127 cm³/mol. The van der Waals surface area contributed by atoms with Crippen molar-refractivity contribution in [3.8, 4) is 11.5 Å². The van der Waals surface area contributed by atoms with Crippen LogP contribution in [0.4, 0.5) is 5.69 Å². The number of anilines is 1. The number of ether oxygens (including phenoxy) is 3. The smallest absolute Gasteiger partial charge is 0.253 e. The molecule has 2 aliphatic heterocycles. The fraction of sp³-hybridized carbons (Fsp3) is 0.333. The number of thiocarbonyl (C=S) groups is 1. The standard InChI is InChI=1S/C24H25N3O4S/c1-15-4-2-5-18(8-15)25-24(32)27(13-19-6-3-7-29-19)12-17-9-16-10-21-22(31-14-30-21)11-20(16)26-23(17)28/h2,4-5,8-11,19H,3,6-7,12-14H2,1H3,(H,25,32)(H,26,28)/t19-/m0/s1. The van der Waals surface area contributed by atoms with Crippen molar-refractivity contribution in [3.05, 3.63) is 63.9 Å². The number of nitrogens with zero attached hydrogens (tertiary/aromatic N) is 1. The molecule has 1 atom stereocenters. The second-order valence-corrected chi connectivity index (χ2v) is 8.62. The van der Waals surface area contributed by atoms with Gasteiger partial charge in [0, 0.05) is 35.9 Å². The zero-order valence-corrected chi connectivity index (χ0v) is 18.7. The molecular weight excluding hydrogens is 426 g/mol. The highest BCUT2D eigenvalue weighted by Gasteiger charge is 2.23. The Morgan fingerprint density at radius 1 is 1.22 bits per heavy atom. The van der Waals surface area contributed by atoms with Crippen molar-refractivity contribution in [2.45, 2.75) is 32.4 Å². The normalized spacial score (nSPS) is 17.0. The van der Waals surface area contributed by atoms with Gasteiger partial charge in [-0.3, -0.25) is 4.79 Å². The molecule has 0 aliphatic carbocycles. The van der Waals surface area contributed by atoms with E-state index in [1.165, 1.54) is 0 Å². The molecule has 2 aliphatic rings. The van der Waals surface area contributed by atoms with Gasteiger partial charge in [0.2, 0.25) is 6.79 Å². The van der Waals surface area contributed by atoms with Crippen LogP contribution in [-0.2, 0) is 11.3 Å². The molecule has 1 saturated heterocycles. The maximum atomic E-state index is 12.9. The third kappa shape index (κ3) is 4.42. The van der Waals surface area contributed by atoms with Gasteiger partial charge in [0.25, 0.3) is 5.56 Å². The summed E-state index contributed by atoms with van der Waals surface area (Å²) in [5, 5.41) is 4.77. The summed E-state index contributed by atoms with van der Waals surface area (Å²) >= 11 is 5.75. The average molecular weight is 452 g/mol. The number of rotatable bonds is 5. The Kier molecular flexibility index (Phi) is 5.71. The van der Waals surface area contributed by atoms with E-state index in [2.05, 4.69) is 10.3 Å². The largest absolute Gasteiger partial charge is 0.454 e. The third-order valence-corrected chi connectivity index (χ3v) is 6.14. The van der Waals surface area contributed by atoms with Gasteiger partial charge in [-0.1, -0.05) is 12.1 Å². The van der Waals surface area contributed by atoms with E-state index in [1.807, 2.05) is 48.2 Å². The van der Waals surface area contributed by atoms with Crippen molar-refractivity contribution in [1.29, 1.82) is 0 Å². The molecule has 3 heterocycles. The highest BCUT2D eigenvalue weighted by molar-refractivity contribution is 7.80. The van der Waals surface area contributed by atoms with Crippen molar-refractivity contribution in [2.75, 3.05) is 25.3 Å². The lowest BCUT2D eigenvalue weighted by molar-refractivity contribution is 0.0904. The van der Waals surface area contributed by atoms with Gasteiger partial charge in [0.1, 0.15) is 0 Å². The molecule has 0 radical (unpaired) electrons. The lowest BCUT2D eigenvalue weighted by Crippen LogP contribution is -2.40. The first-order valence-electron chi connectivity index (χ1n) is 10.7. The molecule has 3 aromatic rings. The number of aromatic amines is 1. The zero-order valence-electron chi connectivity index (χ0n) is 17.8. The number of nitrogens with one attached hydrogen (secondary N) is 2. The number of hydrogen-bond acceptors (Lipinski definition) is 5. The molecule has 166 valence electrons. The van der Waals surface area contributed by atoms with Gasteiger partial charge < -0.3 is 29.4 Å². The molecule has 0 spiro atoms. The van der Waals surface area contributed by atoms with E-state index in [1.54, 1.807) is 6.07 Å². The Morgan fingerprint density at radius 3 is 2.84 bits per heavy atom. The number of aromatic nitrogens is 1. The van der Waals surface area contributed by atoms with Crippen molar-refractivity contribution in [2.24, 2.45) is 0 Å². The predicted octanol–water partition coefficient (Wildman–Crippen LogP) is 3.94. The summed E-state index contributed by atoms with van der Waals surface area (Å²) in [6.45, 7) is 3.99. The summed E-state index contributed by atoms with van der Waals surface area (Å²) in [6, 6.07) is 13.6. The molecule has 0 bridgehead atoms. The van der Waals surface area contributed by atoms with Crippen LogP contribution in [0.15, 0.2) is 47.3 Å². The number of aryl methyl sites for hydroxylation is 1. The van der Waals surface area contributed by atoms with Gasteiger partial charge in [-0.05, 0) is 61.8 Å². The van der Waals surface area contributed by atoms with Crippen LogP contribution >= 0.6 is 12.2 Å². The second kappa shape index (κ2) is 8.80. The van der Waals surface area contributed by atoms with E-state index in [4.69, 9.17) is 26.4 Å². The minimum atomic E-state index is -0.146. The maximum Gasteiger partial charge on any atom is 0.253 e. The molecule has 0 amide bonds. The van der Waals surface area contributed by atoms with Crippen LogP contribution in [0.3, 0.4) is 0 Å². The van der Waals surface area contributed by atoms with Gasteiger partial charge in [0.15, 0.2) is 16.6 Å². The topological polar surface area (TPSA) is 75.8 Å². The number of pyridine rings is 1. The van der Waals surface area contributed by atoms with Crippen LogP contribution in [0.25, 0.3) is 10.9 Å². The number of hydrogen-bond donors (Lipinski definition) is 2. The van der Waals surface area contributed by atoms with Crippen molar-refractivity contribution in [3.63, 3.8) is 0 Å². The SMILES string of the molecule is Cc1cccc(NC(=S)N(Cc2cc3cc4c(cc3[nH]c2=O)OCO4)C[C@@H]2CCCO2)c1. The first kappa shape index (κ1) is 20.8. The highest BCUT2D eigenvalue weighted by Crippen LogP contribution is 2.35. The Morgan fingerprint density at radius 2 is 2.06 bits per heavy atom. The average Bonchev–Trinajstić information content (AvgIpc) is 3.44. The van der Waals surface area contributed by atoms with Crippen LogP contribution in [0.2, 0.25) is 0 Å². The Balaban J connectivity index is 1.42. The fourth-order valence-corrected chi connectivity index (χ4v) is 4.40. The van der Waals surface area contributed by atoms with Gasteiger partial charge in [0.05, 0.1) is 18.2 Å². The lowest BCUT2D eigenvalue weighted by atomic mass is 10.1. The minimum Gasteiger partial charge on any atom is -0.454 e. The zero-order chi connectivity index (χ0) is 22.1. The number of fused-ring (bicyclic) bond motifs is 2. The quantitative estimate of drug-likeness (QED) is 0.569. The van der Waals surface area contributed by atoms with Crippen molar-refractivity contribution < 1.29 is 14.2 Å². The molecule has 7 nitrogen and oxygen atoms in total. The molecule has 2 aromatic carbocycles. The Hall–Kier alpha value is -3.10. The van der Waals surface area contributed by atoms with Crippen LogP contribution in [0, 0.1) is 6.92 Å². The third-order valence-electron chi connectivity index (χ3n) is 5.78. The molecule has 0 unspecified atom stereocenters. The van der Waals surface area contributed by atoms with Crippen LogP contribution in [0.5, 0.6) is 11.5 Å². The van der Waals surface area contributed by atoms with Gasteiger partial charge in [-0.25, -0.2) is 0 Å². The van der Waals surface area contributed by atoms with Crippen LogP contribution < -0.4 is 20.3 Å². The summed E-state index contributed by atoms with van der Waals surface area (Å²) < 4.78 is 16.8. The molecule has 8 heteroatoms. The van der Waals surface area contributed by atoms with Gasteiger partial charge >= 0.3 is 0 Å². The molecule has 5 rings (SSSR count). The summed E-state index contributed by atoms with van der Waals surface area (Å²) in [5.41, 5.74) is 3.27. The molecular formula is C24H25N3O4S. The van der Waals surface area contributed by atoms with Crippen LogP contribution in [0.1, 0.15) is 24.0 Å². The summed E-state index contributed by atoms with van der Waals surface area (Å²) in [4.78, 5) is 17.9. The fourth-order valence-electron chi connectivity index (χ4n) is 4.14. The summed E-state index contributed by atoms with van der Waals surface area (Å²) in [7, 11) is 0. The van der Waals surface area contributed by atoms with E-state index in [9.17, 15) is 4.79 Å². The van der Waals surface area contributed by atoms with Gasteiger partial charge in [-0.15, -0.1) is 0 Å². The van der Waals surface area contributed by atoms with E-state index < -0.39 is 0 Å². The molecule has 0 saturated carbocycles. The van der Waals surface area contributed by atoms with E-state index in [0.717, 1.165) is 36.1 Å². The van der Waals surface area contributed by atoms with Gasteiger partial charge in [-0.2, -0.15) is 0 Å².